The number of amides is 1. The molecule has 0 bridgehead atoms. The van der Waals surface area contributed by atoms with Crippen LogP contribution in [0.25, 0.3) is 0 Å². The Hall–Kier alpha value is -2.81. The van der Waals surface area contributed by atoms with Gasteiger partial charge in [-0.15, -0.1) is 0 Å². The van der Waals surface area contributed by atoms with Crippen LogP contribution >= 0.6 is 0 Å². The van der Waals surface area contributed by atoms with Crippen LogP contribution in [0.1, 0.15) is 34.2 Å². The maximum absolute atomic E-state index is 12.3. The van der Waals surface area contributed by atoms with E-state index in [2.05, 4.69) is 15.3 Å². The molecular weight excluding hydrogens is 368 g/mol. The van der Waals surface area contributed by atoms with Crippen LogP contribution in [0.4, 0.5) is 11.5 Å². The average Bonchev–Trinajstić information content (AvgIpc) is 3.01. The highest BCUT2D eigenvalue weighted by Crippen LogP contribution is 2.21. The molecule has 0 aliphatic carbocycles. The summed E-state index contributed by atoms with van der Waals surface area (Å²) in [7, 11) is -1.22. The Balaban J connectivity index is 1.65. The van der Waals surface area contributed by atoms with Crippen molar-refractivity contribution in [2.24, 2.45) is 0 Å². The molecule has 27 heavy (non-hydrogen) atoms. The minimum atomic E-state index is -2.99. The lowest BCUT2D eigenvalue weighted by atomic mass is 10.1. The van der Waals surface area contributed by atoms with Gasteiger partial charge in [-0.2, -0.15) is 0 Å². The Morgan fingerprint density at radius 2 is 1.85 bits per heavy atom. The Labute approximate surface area is 157 Å². The summed E-state index contributed by atoms with van der Waals surface area (Å²) < 4.78 is 23.2. The second-order valence-corrected chi connectivity index (χ2v) is 8.74. The zero-order valence-corrected chi connectivity index (χ0v) is 15.9. The molecule has 8 nitrogen and oxygen atoms in total. The third kappa shape index (κ3) is 4.48. The third-order valence-electron chi connectivity index (χ3n) is 4.54. The number of anilines is 2. The molecule has 1 N–H and O–H groups in total. The Morgan fingerprint density at radius 3 is 2.37 bits per heavy atom. The maximum atomic E-state index is 12.3. The number of carbonyl (C=O) groups excluding carboxylic acids is 2. The highest BCUT2D eigenvalue weighted by Gasteiger charge is 2.31. The summed E-state index contributed by atoms with van der Waals surface area (Å²) >= 11 is 0. The topological polar surface area (TPSA) is 109 Å². The van der Waals surface area contributed by atoms with Gasteiger partial charge in [-0.05, 0) is 37.6 Å². The van der Waals surface area contributed by atoms with E-state index in [4.69, 9.17) is 0 Å². The summed E-state index contributed by atoms with van der Waals surface area (Å²) in [5, 5.41) is 2.69. The van der Waals surface area contributed by atoms with Crippen molar-refractivity contribution < 1.29 is 18.0 Å². The van der Waals surface area contributed by atoms with E-state index < -0.39 is 15.7 Å². The van der Waals surface area contributed by atoms with E-state index in [9.17, 15) is 18.0 Å². The van der Waals surface area contributed by atoms with E-state index in [1.807, 2.05) is 0 Å². The highest BCUT2D eigenvalue weighted by molar-refractivity contribution is 7.91. The number of hydrogen-bond acceptors (Lipinski definition) is 7. The number of hydrogen-bond donors (Lipinski definition) is 1. The first-order valence-electron chi connectivity index (χ1n) is 8.43. The highest BCUT2D eigenvalue weighted by atomic mass is 32.2. The van der Waals surface area contributed by atoms with Crippen LogP contribution in [0.2, 0.25) is 0 Å². The van der Waals surface area contributed by atoms with E-state index in [0.29, 0.717) is 23.5 Å². The van der Waals surface area contributed by atoms with Crippen molar-refractivity contribution in [2.75, 3.05) is 28.8 Å². The van der Waals surface area contributed by atoms with Crippen molar-refractivity contribution >= 4 is 33.0 Å². The maximum Gasteiger partial charge on any atom is 0.275 e. The van der Waals surface area contributed by atoms with Gasteiger partial charge in [0.15, 0.2) is 15.6 Å². The summed E-state index contributed by atoms with van der Waals surface area (Å²) in [6.45, 7) is 1.47. The SMILES string of the molecule is CC(=O)c1ccc(NC(=O)c2cnc(N(C)C3CCS(=O)(=O)C3)cn2)cc1. The number of nitrogens with one attached hydrogen (secondary N) is 1. The van der Waals surface area contributed by atoms with Gasteiger partial charge in [0, 0.05) is 24.3 Å². The number of nitrogens with zero attached hydrogens (tertiary/aromatic N) is 3. The van der Waals surface area contributed by atoms with Crippen LogP contribution in [-0.2, 0) is 9.84 Å². The lowest BCUT2D eigenvalue weighted by Gasteiger charge is -2.23. The zero-order chi connectivity index (χ0) is 19.6. The van der Waals surface area contributed by atoms with Crippen molar-refractivity contribution in [1.82, 2.24) is 9.97 Å². The summed E-state index contributed by atoms with van der Waals surface area (Å²) in [6, 6.07) is 6.42. The summed E-state index contributed by atoms with van der Waals surface area (Å²) in [5.74, 6) is 0.325. The van der Waals surface area contributed by atoms with Crippen LogP contribution in [0.5, 0.6) is 0 Å². The normalized spacial score (nSPS) is 18.1. The molecule has 1 aromatic carbocycles. The fourth-order valence-corrected chi connectivity index (χ4v) is 4.65. The van der Waals surface area contributed by atoms with Crippen molar-refractivity contribution in [3.05, 3.63) is 47.9 Å². The molecule has 1 unspecified atom stereocenters. The largest absolute Gasteiger partial charge is 0.354 e. The quantitative estimate of drug-likeness (QED) is 0.774. The standard InChI is InChI=1S/C18H20N4O4S/c1-12(23)13-3-5-14(6-4-13)21-18(24)16-9-20-17(10-19-16)22(2)15-7-8-27(25,26)11-15/h3-6,9-10,15H,7-8,11H2,1-2H3,(H,21,24). The number of aromatic nitrogens is 2. The molecule has 142 valence electrons. The molecule has 1 saturated heterocycles. The molecule has 0 spiro atoms. The number of benzene rings is 1. The molecule has 9 heteroatoms. The first-order valence-corrected chi connectivity index (χ1v) is 10.2. The van der Waals surface area contributed by atoms with Crippen molar-refractivity contribution in [3.63, 3.8) is 0 Å². The molecule has 0 saturated carbocycles. The van der Waals surface area contributed by atoms with Crippen LogP contribution in [0.15, 0.2) is 36.7 Å². The lowest BCUT2D eigenvalue weighted by Crippen LogP contribution is -2.33. The zero-order valence-electron chi connectivity index (χ0n) is 15.0. The third-order valence-corrected chi connectivity index (χ3v) is 6.29. The fraction of sp³-hybridized carbons (Fsp3) is 0.333. The van der Waals surface area contributed by atoms with Crippen molar-refractivity contribution in [1.29, 1.82) is 0 Å². The molecule has 2 heterocycles. The van der Waals surface area contributed by atoms with Crippen molar-refractivity contribution in [3.8, 4) is 0 Å². The molecule has 3 rings (SSSR count). The first kappa shape index (κ1) is 19.0. The number of sulfone groups is 1. The fourth-order valence-electron chi connectivity index (χ4n) is 2.87. The second-order valence-electron chi connectivity index (χ2n) is 6.52. The van der Waals surface area contributed by atoms with E-state index in [0.717, 1.165) is 0 Å². The molecule has 1 aliphatic heterocycles. The lowest BCUT2D eigenvalue weighted by molar-refractivity contribution is 0.101. The second kappa shape index (κ2) is 7.43. The molecule has 1 amide bonds. The monoisotopic (exact) mass is 388 g/mol. The van der Waals surface area contributed by atoms with Gasteiger partial charge in [0.2, 0.25) is 0 Å². The Bertz CT molecular complexity index is 956. The van der Waals surface area contributed by atoms with Gasteiger partial charge in [-0.1, -0.05) is 0 Å². The van der Waals surface area contributed by atoms with Crippen LogP contribution in [0, 0.1) is 0 Å². The first-order chi connectivity index (χ1) is 12.7. The number of Topliss-reactive ketones (excluding diaryl/α,β-unsaturated/α-hetero) is 1. The summed E-state index contributed by atoms with van der Waals surface area (Å²) in [6.07, 6.45) is 3.37. The molecule has 1 atom stereocenters. The molecule has 1 aliphatic rings. The molecule has 0 radical (unpaired) electrons. The van der Waals surface area contributed by atoms with Gasteiger partial charge in [0.1, 0.15) is 11.5 Å². The number of carbonyl (C=O) groups is 2. The predicted octanol–water partition coefficient (Wildman–Crippen LogP) is 1.55. The van der Waals surface area contributed by atoms with Crippen LogP contribution in [-0.4, -0.2) is 54.7 Å². The Morgan fingerprint density at radius 1 is 1.15 bits per heavy atom. The smallest absolute Gasteiger partial charge is 0.275 e. The molecule has 1 fully saturated rings. The minimum Gasteiger partial charge on any atom is -0.354 e. The predicted molar refractivity (Wildman–Crippen MR) is 102 cm³/mol. The molecule has 2 aromatic rings. The van der Waals surface area contributed by atoms with Gasteiger partial charge in [0.05, 0.1) is 23.9 Å². The van der Waals surface area contributed by atoms with E-state index in [-0.39, 0.29) is 29.0 Å². The minimum absolute atomic E-state index is 0.0477. The summed E-state index contributed by atoms with van der Waals surface area (Å²) in [5.41, 5.74) is 1.25. The number of rotatable bonds is 5. The number of ketones is 1. The van der Waals surface area contributed by atoms with E-state index in [1.54, 1.807) is 36.2 Å². The Kier molecular flexibility index (Phi) is 5.22. The van der Waals surface area contributed by atoms with Gasteiger partial charge in [-0.25, -0.2) is 18.4 Å². The molecular formula is C18H20N4O4S. The van der Waals surface area contributed by atoms with Gasteiger partial charge >= 0.3 is 0 Å². The van der Waals surface area contributed by atoms with E-state index in [1.165, 1.54) is 19.3 Å². The van der Waals surface area contributed by atoms with Gasteiger partial charge in [-0.3, -0.25) is 9.59 Å². The van der Waals surface area contributed by atoms with Gasteiger partial charge < -0.3 is 10.2 Å². The molecule has 1 aromatic heterocycles. The summed E-state index contributed by atoms with van der Waals surface area (Å²) in [4.78, 5) is 33.7. The van der Waals surface area contributed by atoms with Crippen LogP contribution in [0.3, 0.4) is 0 Å². The van der Waals surface area contributed by atoms with Gasteiger partial charge in [0.25, 0.3) is 5.91 Å². The van der Waals surface area contributed by atoms with Crippen molar-refractivity contribution in [2.45, 2.75) is 19.4 Å². The van der Waals surface area contributed by atoms with E-state index >= 15 is 0 Å². The van der Waals surface area contributed by atoms with Crippen LogP contribution < -0.4 is 10.2 Å². The average molecular weight is 388 g/mol.